The second-order valence-electron chi connectivity index (χ2n) is 5.68. The highest BCUT2D eigenvalue weighted by atomic mass is 79.9. The van der Waals surface area contributed by atoms with Gasteiger partial charge in [-0.1, -0.05) is 58.3 Å². The maximum Gasteiger partial charge on any atom is 0.280 e. The number of thiophene rings is 1. The minimum absolute atomic E-state index is 0.131. The van der Waals surface area contributed by atoms with E-state index in [1.54, 1.807) is 0 Å². The van der Waals surface area contributed by atoms with Gasteiger partial charge in [-0.2, -0.15) is 0 Å². The third-order valence-corrected chi connectivity index (χ3v) is 5.48. The molecule has 1 rings (SSSR count). The Hall–Kier alpha value is -0.880. The molecule has 0 saturated carbocycles. The molecule has 0 aliphatic carbocycles. The fourth-order valence-corrected chi connectivity index (χ4v) is 3.74. The summed E-state index contributed by atoms with van der Waals surface area (Å²) in [6.07, 6.45) is 11.5. The van der Waals surface area contributed by atoms with E-state index >= 15 is 0 Å². The number of amides is 2. The molecule has 2 N–H and O–H groups in total. The van der Waals surface area contributed by atoms with E-state index in [4.69, 9.17) is 0 Å². The lowest BCUT2D eigenvalue weighted by Gasteiger charge is -2.06. The van der Waals surface area contributed by atoms with Gasteiger partial charge in [0.1, 0.15) is 4.88 Å². The first kappa shape index (κ1) is 20.2. The lowest BCUT2D eigenvalue weighted by atomic mass is 10.1. The number of hydrogen-bond acceptors (Lipinski definition) is 3. The van der Waals surface area contributed by atoms with Crippen LogP contribution in [0.1, 0.15) is 80.8 Å². The zero-order valence-corrected chi connectivity index (χ0v) is 16.2. The van der Waals surface area contributed by atoms with E-state index in [1.807, 2.05) is 11.4 Å². The second-order valence-corrected chi connectivity index (χ2v) is 7.45. The van der Waals surface area contributed by atoms with E-state index in [0.717, 1.165) is 17.3 Å². The average Bonchev–Trinajstić information content (AvgIpc) is 2.97. The summed E-state index contributed by atoms with van der Waals surface area (Å²) >= 11 is 4.63. The molecule has 0 fully saturated rings. The van der Waals surface area contributed by atoms with E-state index in [9.17, 15) is 9.59 Å². The Morgan fingerprint density at radius 1 is 1.00 bits per heavy atom. The van der Waals surface area contributed by atoms with Crippen LogP contribution in [0.4, 0.5) is 0 Å². The van der Waals surface area contributed by atoms with E-state index in [-0.39, 0.29) is 11.8 Å². The van der Waals surface area contributed by atoms with Crippen LogP contribution in [-0.2, 0) is 4.79 Å². The molecule has 1 heterocycles. The molecule has 130 valence electrons. The van der Waals surface area contributed by atoms with Crippen molar-refractivity contribution in [1.82, 2.24) is 10.9 Å². The summed E-state index contributed by atoms with van der Waals surface area (Å²) in [7, 11) is 0. The lowest BCUT2D eigenvalue weighted by Crippen LogP contribution is -2.41. The van der Waals surface area contributed by atoms with Gasteiger partial charge >= 0.3 is 0 Å². The maximum absolute atomic E-state index is 11.8. The van der Waals surface area contributed by atoms with Gasteiger partial charge in [0.15, 0.2) is 0 Å². The molecule has 23 heavy (non-hydrogen) atoms. The number of halogens is 1. The number of nitrogens with one attached hydrogen (secondary N) is 2. The van der Waals surface area contributed by atoms with Gasteiger partial charge in [-0.3, -0.25) is 20.4 Å². The van der Waals surface area contributed by atoms with Gasteiger partial charge in [-0.25, -0.2) is 0 Å². The molecule has 1 aromatic heterocycles. The van der Waals surface area contributed by atoms with Crippen LogP contribution in [-0.4, -0.2) is 11.8 Å². The Morgan fingerprint density at radius 2 is 1.61 bits per heavy atom. The number of carbonyl (C=O) groups is 2. The molecule has 6 heteroatoms. The normalized spacial score (nSPS) is 10.5. The summed E-state index contributed by atoms with van der Waals surface area (Å²) in [5.41, 5.74) is 4.92. The maximum atomic E-state index is 11.8. The van der Waals surface area contributed by atoms with Crippen molar-refractivity contribution in [3.63, 3.8) is 0 Å². The Labute approximate surface area is 151 Å². The number of unbranched alkanes of at least 4 members (excludes halogenated alkanes) is 8. The monoisotopic (exact) mass is 402 g/mol. The number of hydrogen-bond donors (Lipinski definition) is 2. The molecule has 0 aliphatic heterocycles. The molecule has 0 unspecified atom stereocenters. The number of rotatable bonds is 11. The predicted molar refractivity (Wildman–Crippen MR) is 99.5 cm³/mol. The summed E-state index contributed by atoms with van der Waals surface area (Å²) in [6, 6.07) is 1.81. The fraction of sp³-hybridized carbons (Fsp3) is 0.647. The Kier molecular flexibility index (Phi) is 11.0. The highest BCUT2D eigenvalue weighted by Crippen LogP contribution is 2.21. The minimum Gasteiger partial charge on any atom is -0.273 e. The van der Waals surface area contributed by atoms with Crippen LogP contribution in [0.3, 0.4) is 0 Å². The highest BCUT2D eigenvalue weighted by molar-refractivity contribution is 9.10. The third kappa shape index (κ3) is 9.11. The average molecular weight is 403 g/mol. The van der Waals surface area contributed by atoms with Crippen molar-refractivity contribution < 1.29 is 9.59 Å². The Bertz CT molecular complexity index is 477. The second kappa shape index (κ2) is 12.5. The van der Waals surface area contributed by atoms with E-state index < -0.39 is 0 Å². The van der Waals surface area contributed by atoms with Crippen LogP contribution < -0.4 is 10.9 Å². The molecule has 0 bridgehead atoms. The van der Waals surface area contributed by atoms with Crippen molar-refractivity contribution >= 4 is 39.1 Å². The third-order valence-electron chi connectivity index (χ3n) is 3.65. The van der Waals surface area contributed by atoms with Crippen LogP contribution >= 0.6 is 27.3 Å². The highest BCUT2D eigenvalue weighted by Gasteiger charge is 2.11. The van der Waals surface area contributed by atoms with Gasteiger partial charge in [-0.05, 0) is 33.8 Å². The van der Waals surface area contributed by atoms with Crippen molar-refractivity contribution in [3.05, 3.63) is 20.8 Å². The van der Waals surface area contributed by atoms with Gasteiger partial charge in [0.2, 0.25) is 5.91 Å². The lowest BCUT2D eigenvalue weighted by molar-refractivity contribution is -0.122. The Morgan fingerprint density at radius 3 is 2.17 bits per heavy atom. The summed E-state index contributed by atoms with van der Waals surface area (Å²) < 4.78 is 0.744. The molecular formula is C17H27BrN2O2S. The number of carbonyl (C=O) groups excluding carboxylic acids is 2. The van der Waals surface area contributed by atoms with E-state index in [2.05, 4.69) is 33.7 Å². The Balaban J connectivity index is 1.98. The molecule has 1 aromatic rings. The van der Waals surface area contributed by atoms with E-state index in [1.165, 1.54) is 56.3 Å². The molecule has 0 aliphatic rings. The first-order valence-electron chi connectivity index (χ1n) is 8.47. The van der Waals surface area contributed by atoms with Crippen molar-refractivity contribution in [2.24, 2.45) is 0 Å². The largest absolute Gasteiger partial charge is 0.280 e. The first-order chi connectivity index (χ1) is 11.1. The molecule has 0 spiro atoms. The van der Waals surface area contributed by atoms with Gasteiger partial charge in [0, 0.05) is 10.9 Å². The van der Waals surface area contributed by atoms with E-state index in [0.29, 0.717) is 11.3 Å². The minimum atomic E-state index is -0.285. The van der Waals surface area contributed by atoms with Crippen molar-refractivity contribution in [3.8, 4) is 0 Å². The van der Waals surface area contributed by atoms with Crippen LogP contribution in [0.5, 0.6) is 0 Å². The summed E-state index contributed by atoms with van der Waals surface area (Å²) in [6.45, 7) is 2.23. The molecule has 0 saturated heterocycles. The molecule has 0 radical (unpaired) electrons. The van der Waals surface area contributed by atoms with Crippen LogP contribution in [0.2, 0.25) is 0 Å². The van der Waals surface area contributed by atoms with Crippen LogP contribution in [0, 0.1) is 0 Å². The van der Waals surface area contributed by atoms with Crippen molar-refractivity contribution in [2.45, 2.75) is 71.1 Å². The SMILES string of the molecule is CCCCCCCCCCCC(=O)NNC(=O)c1sccc1Br. The number of hydrazine groups is 1. The van der Waals surface area contributed by atoms with Crippen LogP contribution in [0.25, 0.3) is 0 Å². The molecule has 0 aromatic carbocycles. The van der Waals surface area contributed by atoms with Gasteiger partial charge < -0.3 is 0 Å². The van der Waals surface area contributed by atoms with Crippen molar-refractivity contribution in [1.29, 1.82) is 0 Å². The summed E-state index contributed by atoms with van der Waals surface area (Å²) in [4.78, 5) is 24.0. The van der Waals surface area contributed by atoms with Crippen LogP contribution in [0.15, 0.2) is 15.9 Å². The first-order valence-corrected chi connectivity index (χ1v) is 10.1. The van der Waals surface area contributed by atoms with Gasteiger partial charge in [0.25, 0.3) is 5.91 Å². The molecular weight excluding hydrogens is 376 g/mol. The zero-order valence-electron chi connectivity index (χ0n) is 13.8. The topological polar surface area (TPSA) is 58.2 Å². The summed E-state index contributed by atoms with van der Waals surface area (Å²) in [5, 5.41) is 1.82. The molecule has 4 nitrogen and oxygen atoms in total. The predicted octanol–water partition coefficient (Wildman–Crippen LogP) is 5.19. The zero-order chi connectivity index (χ0) is 16.9. The molecule has 0 atom stereocenters. The smallest absolute Gasteiger partial charge is 0.273 e. The quantitative estimate of drug-likeness (QED) is 0.395. The molecule has 2 amide bonds. The van der Waals surface area contributed by atoms with Gasteiger partial charge in [-0.15, -0.1) is 11.3 Å². The van der Waals surface area contributed by atoms with Crippen molar-refractivity contribution in [2.75, 3.05) is 0 Å². The standard InChI is InChI=1S/C17H27BrN2O2S/c1-2-3-4-5-6-7-8-9-10-11-15(21)19-20-17(22)16-14(18)12-13-23-16/h12-13H,2-11H2,1H3,(H,19,21)(H,20,22). The summed E-state index contributed by atoms with van der Waals surface area (Å²) in [5.74, 6) is -0.415. The van der Waals surface area contributed by atoms with Gasteiger partial charge in [0.05, 0.1) is 0 Å². The fourth-order valence-electron chi connectivity index (χ4n) is 2.30.